The first-order valence-electron chi connectivity index (χ1n) is 5.14. The first kappa shape index (κ1) is 12.6. The smallest absolute Gasteiger partial charge is 0.306 e. The van der Waals surface area contributed by atoms with Crippen molar-refractivity contribution in [3.8, 4) is 0 Å². The predicted molar refractivity (Wildman–Crippen MR) is 58.1 cm³/mol. The summed E-state index contributed by atoms with van der Waals surface area (Å²) in [6.45, 7) is 4.42. The molecule has 0 aromatic rings. The van der Waals surface area contributed by atoms with Crippen LogP contribution in [0.5, 0.6) is 0 Å². The predicted octanol–water partition coefficient (Wildman–Crippen LogP) is 0.864. The van der Waals surface area contributed by atoms with Crippen molar-refractivity contribution >= 4 is 16.8 Å². The lowest BCUT2D eigenvalue weighted by molar-refractivity contribution is -0.140. The zero-order valence-corrected chi connectivity index (χ0v) is 10.2. The van der Waals surface area contributed by atoms with Crippen LogP contribution in [0.1, 0.15) is 26.7 Å². The zero-order valence-electron chi connectivity index (χ0n) is 9.39. The fraction of sp³-hybridized carbons (Fsp3) is 0.900. The van der Waals surface area contributed by atoms with Gasteiger partial charge in [-0.05, 0) is 13.3 Å². The van der Waals surface area contributed by atoms with Gasteiger partial charge in [-0.2, -0.15) is 0 Å². The van der Waals surface area contributed by atoms with Gasteiger partial charge in [0.05, 0.1) is 24.9 Å². The number of hydrogen-bond donors (Lipinski definition) is 0. The molecule has 4 atom stereocenters. The summed E-state index contributed by atoms with van der Waals surface area (Å²) in [4.78, 5) is 11.0. The van der Waals surface area contributed by atoms with Gasteiger partial charge < -0.3 is 9.47 Å². The van der Waals surface area contributed by atoms with E-state index in [2.05, 4.69) is 4.74 Å². The van der Waals surface area contributed by atoms with Gasteiger partial charge in [0.25, 0.3) is 0 Å². The van der Waals surface area contributed by atoms with Gasteiger partial charge in [-0.3, -0.25) is 9.00 Å². The number of carbonyl (C=O) groups excluding carboxylic acids is 1. The van der Waals surface area contributed by atoms with Crippen LogP contribution in [-0.4, -0.2) is 40.5 Å². The van der Waals surface area contributed by atoms with E-state index < -0.39 is 10.8 Å². The molecule has 88 valence electrons. The maximum absolute atomic E-state index is 12.0. The molecule has 1 heterocycles. The Morgan fingerprint density at radius 1 is 1.67 bits per heavy atom. The molecule has 0 N–H and O–H groups in total. The molecular weight excluding hydrogens is 216 g/mol. The molecule has 4 unspecified atom stereocenters. The highest BCUT2D eigenvalue weighted by Crippen LogP contribution is 2.22. The Morgan fingerprint density at radius 3 is 2.80 bits per heavy atom. The SMILES string of the molecule is COC(=O)CC(C)S(=O)C1CCOC1C. The topological polar surface area (TPSA) is 52.6 Å². The van der Waals surface area contributed by atoms with Gasteiger partial charge in [-0.25, -0.2) is 0 Å². The first-order chi connectivity index (χ1) is 7.06. The van der Waals surface area contributed by atoms with Gasteiger partial charge in [0.2, 0.25) is 0 Å². The van der Waals surface area contributed by atoms with E-state index in [1.54, 1.807) is 0 Å². The highest BCUT2D eigenvalue weighted by Gasteiger charge is 2.32. The van der Waals surface area contributed by atoms with E-state index in [0.717, 1.165) is 6.42 Å². The number of carbonyl (C=O) groups is 1. The average Bonchev–Trinajstić information content (AvgIpc) is 2.63. The van der Waals surface area contributed by atoms with Crippen molar-refractivity contribution in [3.63, 3.8) is 0 Å². The fourth-order valence-corrected chi connectivity index (χ4v) is 3.40. The lowest BCUT2D eigenvalue weighted by Gasteiger charge is -2.18. The molecule has 0 spiro atoms. The van der Waals surface area contributed by atoms with Crippen LogP contribution in [0.25, 0.3) is 0 Å². The Kier molecular flexibility index (Phi) is 4.73. The fourth-order valence-electron chi connectivity index (χ4n) is 1.72. The molecule has 0 aliphatic carbocycles. The number of ether oxygens (including phenoxy) is 2. The first-order valence-corrected chi connectivity index (χ1v) is 6.41. The number of hydrogen-bond acceptors (Lipinski definition) is 4. The third-order valence-electron chi connectivity index (χ3n) is 2.68. The van der Waals surface area contributed by atoms with Crippen molar-refractivity contribution in [1.29, 1.82) is 0 Å². The standard InChI is InChI=1S/C10H18O4S/c1-7(6-10(11)13-3)15(12)9-4-5-14-8(9)2/h7-9H,4-6H2,1-3H3. The van der Waals surface area contributed by atoms with E-state index in [1.165, 1.54) is 7.11 Å². The Bertz CT molecular complexity index is 254. The van der Waals surface area contributed by atoms with Crippen LogP contribution in [0.2, 0.25) is 0 Å². The quantitative estimate of drug-likeness (QED) is 0.677. The summed E-state index contributed by atoms with van der Waals surface area (Å²) < 4.78 is 21.9. The third-order valence-corrected chi connectivity index (χ3v) is 4.86. The van der Waals surface area contributed by atoms with E-state index in [-0.39, 0.29) is 29.0 Å². The highest BCUT2D eigenvalue weighted by molar-refractivity contribution is 7.86. The van der Waals surface area contributed by atoms with Crippen molar-refractivity contribution in [2.45, 2.75) is 43.3 Å². The van der Waals surface area contributed by atoms with Crippen LogP contribution in [-0.2, 0) is 25.1 Å². The largest absolute Gasteiger partial charge is 0.469 e. The Hall–Kier alpha value is -0.420. The molecule has 0 radical (unpaired) electrons. The number of rotatable bonds is 4. The van der Waals surface area contributed by atoms with E-state index in [0.29, 0.717) is 6.61 Å². The van der Waals surface area contributed by atoms with Crippen molar-refractivity contribution in [2.75, 3.05) is 13.7 Å². The monoisotopic (exact) mass is 234 g/mol. The molecule has 1 aliphatic heterocycles. The normalized spacial score (nSPS) is 29.8. The van der Waals surface area contributed by atoms with Crippen LogP contribution < -0.4 is 0 Å². The third kappa shape index (κ3) is 3.28. The van der Waals surface area contributed by atoms with E-state index in [9.17, 15) is 9.00 Å². The minimum absolute atomic E-state index is 0.0333. The lowest BCUT2D eigenvalue weighted by Crippen LogP contribution is -2.30. The molecule has 0 aromatic heterocycles. The molecule has 5 heteroatoms. The van der Waals surface area contributed by atoms with Crippen LogP contribution >= 0.6 is 0 Å². The van der Waals surface area contributed by atoms with Crippen molar-refractivity contribution in [1.82, 2.24) is 0 Å². The molecule has 0 aromatic carbocycles. The summed E-state index contributed by atoms with van der Waals surface area (Å²) in [5.74, 6) is -0.303. The maximum atomic E-state index is 12.0. The Morgan fingerprint density at radius 2 is 2.33 bits per heavy atom. The van der Waals surface area contributed by atoms with Crippen LogP contribution in [0.15, 0.2) is 0 Å². The van der Waals surface area contributed by atoms with E-state index >= 15 is 0 Å². The van der Waals surface area contributed by atoms with Gasteiger partial charge in [0, 0.05) is 22.7 Å². The van der Waals surface area contributed by atoms with Crippen molar-refractivity contribution in [2.24, 2.45) is 0 Å². The van der Waals surface area contributed by atoms with Crippen molar-refractivity contribution < 1.29 is 18.5 Å². The minimum atomic E-state index is -1.02. The molecule has 15 heavy (non-hydrogen) atoms. The summed E-state index contributed by atoms with van der Waals surface area (Å²) in [6, 6.07) is 0. The van der Waals surface area contributed by atoms with Gasteiger partial charge in [-0.15, -0.1) is 0 Å². The van der Waals surface area contributed by atoms with Crippen molar-refractivity contribution in [3.05, 3.63) is 0 Å². The second-order valence-corrected chi connectivity index (χ2v) is 5.89. The number of esters is 1. The van der Waals surface area contributed by atoms with E-state index in [4.69, 9.17) is 4.74 Å². The second kappa shape index (κ2) is 5.61. The Labute approximate surface area is 92.8 Å². The average molecular weight is 234 g/mol. The summed E-state index contributed by atoms with van der Waals surface area (Å²) in [7, 11) is 0.328. The van der Waals surface area contributed by atoms with Gasteiger partial charge in [0.1, 0.15) is 0 Å². The maximum Gasteiger partial charge on any atom is 0.306 e. The molecule has 0 amide bonds. The molecule has 1 fully saturated rings. The van der Waals surface area contributed by atoms with Crippen LogP contribution in [0.4, 0.5) is 0 Å². The second-order valence-electron chi connectivity index (χ2n) is 3.82. The molecule has 1 saturated heterocycles. The zero-order chi connectivity index (χ0) is 11.4. The van der Waals surface area contributed by atoms with Gasteiger partial charge >= 0.3 is 5.97 Å². The summed E-state index contributed by atoms with van der Waals surface area (Å²) in [6.07, 6.45) is 1.07. The summed E-state index contributed by atoms with van der Waals surface area (Å²) >= 11 is 0. The molecule has 1 aliphatic rings. The Balaban J connectivity index is 2.48. The summed E-state index contributed by atoms with van der Waals surface area (Å²) in [5, 5.41) is -0.101. The molecule has 4 nitrogen and oxygen atoms in total. The molecule has 0 saturated carbocycles. The lowest BCUT2D eigenvalue weighted by atomic mass is 10.2. The number of methoxy groups -OCH3 is 1. The molecule has 0 bridgehead atoms. The van der Waals surface area contributed by atoms with Gasteiger partial charge in [0.15, 0.2) is 0 Å². The van der Waals surface area contributed by atoms with Crippen LogP contribution in [0, 0.1) is 0 Å². The summed E-state index contributed by atoms with van der Waals surface area (Å²) in [5.41, 5.74) is 0. The molecule has 1 rings (SSSR count). The van der Waals surface area contributed by atoms with Crippen LogP contribution in [0.3, 0.4) is 0 Å². The minimum Gasteiger partial charge on any atom is -0.469 e. The van der Waals surface area contributed by atoms with Gasteiger partial charge in [-0.1, -0.05) is 6.92 Å². The molecular formula is C10H18O4S. The highest BCUT2D eigenvalue weighted by atomic mass is 32.2. The van der Waals surface area contributed by atoms with E-state index in [1.807, 2.05) is 13.8 Å².